The van der Waals surface area contributed by atoms with E-state index in [9.17, 15) is 13.6 Å². The number of halogens is 2. The highest BCUT2D eigenvalue weighted by atomic mass is 19.1. The van der Waals surface area contributed by atoms with E-state index >= 15 is 0 Å². The number of carbonyl (C=O) groups is 1. The van der Waals surface area contributed by atoms with Gasteiger partial charge in [-0.2, -0.15) is 5.10 Å². The molecule has 4 heterocycles. The van der Waals surface area contributed by atoms with Crippen molar-refractivity contribution in [1.82, 2.24) is 24.6 Å². The molecule has 0 bridgehead atoms. The van der Waals surface area contributed by atoms with E-state index in [4.69, 9.17) is 14.7 Å². The highest BCUT2D eigenvalue weighted by Crippen LogP contribution is 2.33. The van der Waals surface area contributed by atoms with E-state index in [1.54, 1.807) is 11.8 Å². The molecule has 0 atom stereocenters. The van der Waals surface area contributed by atoms with Crippen LogP contribution in [0.3, 0.4) is 0 Å². The number of hydrogen-bond donors (Lipinski definition) is 0. The Bertz CT molecular complexity index is 1290. The number of hydrogen-bond acceptors (Lipinski definition) is 6. The highest BCUT2D eigenvalue weighted by molar-refractivity contribution is 5.74. The summed E-state index contributed by atoms with van der Waals surface area (Å²) in [6.45, 7) is 9.06. The summed E-state index contributed by atoms with van der Waals surface area (Å²) in [5.41, 5.74) is 3.38. The Morgan fingerprint density at radius 3 is 2.62 bits per heavy atom. The fourth-order valence-corrected chi connectivity index (χ4v) is 4.90. The Morgan fingerprint density at radius 1 is 1.14 bits per heavy atom. The first kappa shape index (κ1) is 25.1. The molecule has 1 saturated heterocycles. The molecule has 8 nitrogen and oxygen atoms in total. The fourth-order valence-electron chi connectivity index (χ4n) is 4.90. The summed E-state index contributed by atoms with van der Waals surface area (Å²) >= 11 is 0. The van der Waals surface area contributed by atoms with Crippen molar-refractivity contribution in [2.75, 3.05) is 24.5 Å². The van der Waals surface area contributed by atoms with Gasteiger partial charge in [0.15, 0.2) is 17.4 Å². The second-order valence-electron chi connectivity index (χ2n) is 10.2. The zero-order valence-electron chi connectivity index (χ0n) is 21.5. The summed E-state index contributed by atoms with van der Waals surface area (Å²) in [7, 11) is 0. The number of anilines is 1. The fraction of sp³-hybridized carbons (Fsp3) is 0.481. The van der Waals surface area contributed by atoms with Gasteiger partial charge in [-0.05, 0) is 18.1 Å². The number of rotatable bonds is 6. The van der Waals surface area contributed by atoms with Crippen LogP contribution in [-0.4, -0.2) is 56.3 Å². The summed E-state index contributed by atoms with van der Waals surface area (Å²) in [6.07, 6.45) is 5.63. The summed E-state index contributed by atoms with van der Waals surface area (Å²) in [4.78, 5) is 26.1. The number of amides is 1. The molecule has 0 unspecified atom stereocenters. The van der Waals surface area contributed by atoms with Crippen molar-refractivity contribution in [2.24, 2.45) is 5.92 Å². The zero-order chi connectivity index (χ0) is 26.1. The molecular formula is C27H32F2N6O2. The Hall–Kier alpha value is -3.56. The lowest BCUT2D eigenvalue weighted by Crippen LogP contribution is -2.40. The van der Waals surface area contributed by atoms with Crippen LogP contribution in [0, 0.1) is 17.6 Å². The lowest BCUT2D eigenvalue weighted by molar-refractivity contribution is -0.129. The van der Waals surface area contributed by atoms with Crippen molar-refractivity contribution in [3.05, 3.63) is 53.6 Å². The average molecular weight is 511 g/mol. The number of piperidine rings is 1. The number of fused-ring (bicyclic) bond motifs is 1. The van der Waals surface area contributed by atoms with E-state index < -0.39 is 11.6 Å². The molecule has 2 aliphatic rings. The quantitative estimate of drug-likeness (QED) is 0.494. The van der Waals surface area contributed by atoms with E-state index in [1.165, 1.54) is 12.1 Å². The van der Waals surface area contributed by atoms with Crippen LogP contribution in [0.25, 0.3) is 11.3 Å². The Labute approximate surface area is 215 Å². The van der Waals surface area contributed by atoms with Crippen LogP contribution in [0.4, 0.5) is 14.6 Å². The van der Waals surface area contributed by atoms with Crippen LogP contribution < -0.4 is 9.64 Å². The molecule has 37 heavy (non-hydrogen) atoms. The largest absolute Gasteiger partial charge is 0.487 e. The lowest BCUT2D eigenvalue weighted by Gasteiger charge is -2.35. The van der Waals surface area contributed by atoms with E-state index in [0.717, 1.165) is 41.1 Å². The monoisotopic (exact) mass is 510 g/mol. The molecule has 0 aliphatic carbocycles. The van der Waals surface area contributed by atoms with Crippen LogP contribution in [-0.2, 0) is 24.3 Å². The average Bonchev–Trinajstić information content (AvgIpc) is 3.32. The van der Waals surface area contributed by atoms with E-state index in [1.807, 2.05) is 17.1 Å². The molecule has 3 aromatic rings. The molecule has 5 rings (SSSR count). The first-order valence-corrected chi connectivity index (χ1v) is 12.8. The topological polar surface area (TPSA) is 76.4 Å². The number of ether oxygens (including phenoxy) is 1. The standard InChI is InChI=1S/C27H32F2N6O2/c1-17(2)14-35-15-19(13-30-35)26-27(32-23-8-11-34(18(3)36)16-24(23)31-26)33-9-6-21(7-10-33)37-25-5-4-20(28)12-22(25)29/h4-5,12-13,15,17,21H,6-11,14,16H2,1-3H3. The molecule has 10 heteroatoms. The minimum absolute atomic E-state index is 0.0301. The Balaban J connectivity index is 1.40. The van der Waals surface area contributed by atoms with Crippen LogP contribution >= 0.6 is 0 Å². The van der Waals surface area contributed by atoms with Crippen molar-refractivity contribution in [2.45, 2.75) is 59.2 Å². The summed E-state index contributed by atoms with van der Waals surface area (Å²) in [5.74, 6) is 0.0373. The summed E-state index contributed by atoms with van der Waals surface area (Å²) < 4.78 is 35.1. The molecule has 1 fully saturated rings. The second-order valence-corrected chi connectivity index (χ2v) is 10.2. The van der Waals surface area contributed by atoms with Gasteiger partial charge in [0.1, 0.15) is 17.6 Å². The molecule has 196 valence electrons. The smallest absolute Gasteiger partial charge is 0.219 e. The Kier molecular flexibility index (Phi) is 7.08. The van der Waals surface area contributed by atoms with Gasteiger partial charge >= 0.3 is 0 Å². The van der Waals surface area contributed by atoms with Crippen LogP contribution in [0.15, 0.2) is 30.6 Å². The second kappa shape index (κ2) is 10.4. The van der Waals surface area contributed by atoms with Gasteiger partial charge in [0.05, 0.1) is 24.1 Å². The van der Waals surface area contributed by atoms with Gasteiger partial charge in [-0.3, -0.25) is 9.48 Å². The number of aromatic nitrogens is 4. The van der Waals surface area contributed by atoms with Crippen LogP contribution in [0.5, 0.6) is 5.75 Å². The van der Waals surface area contributed by atoms with Crippen molar-refractivity contribution < 1.29 is 18.3 Å². The summed E-state index contributed by atoms with van der Waals surface area (Å²) in [6, 6.07) is 3.38. The molecule has 0 radical (unpaired) electrons. The van der Waals surface area contributed by atoms with Gasteiger partial charge in [-0.15, -0.1) is 0 Å². The van der Waals surface area contributed by atoms with Gasteiger partial charge in [-0.1, -0.05) is 13.8 Å². The third-order valence-electron chi connectivity index (χ3n) is 6.82. The Morgan fingerprint density at radius 2 is 1.92 bits per heavy atom. The van der Waals surface area contributed by atoms with Crippen molar-refractivity contribution >= 4 is 11.7 Å². The first-order valence-electron chi connectivity index (χ1n) is 12.8. The predicted molar refractivity (Wildman–Crippen MR) is 135 cm³/mol. The molecule has 2 aromatic heterocycles. The van der Waals surface area contributed by atoms with Gasteiger partial charge in [-0.25, -0.2) is 18.7 Å². The van der Waals surface area contributed by atoms with Gasteiger partial charge < -0.3 is 14.5 Å². The van der Waals surface area contributed by atoms with Crippen molar-refractivity contribution in [1.29, 1.82) is 0 Å². The summed E-state index contributed by atoms with van der Waals surface area (Å²) in [5, 5.41) is 4.53. The van der Waals surface area contributed by atoms with Crippen LogP contribution in [0.2, 0.25) is 0 Å². The molecule has 1 aromatic carbocycles. The van der Waals surface area contributed by atoms with Crippen molar-refractivity contribution in [3.63, 3.8) is 0 Å². The van der Waals surface area contributed by atoms with E-state index in [-0.39, 0.29) is 17.8 Å². The molecule has 2 aliphatic heterocycles. The van der Waals surface area contributed by atoms with E-state index in [0.29, 0.717) is 51.4 Å². The number of carbonyl (C=O) groups excluding carboxylic acids is 1. The highest BCUT2D eigenvalue weighted by Gasteiger charge is 2.29. The maximum Gasteiger partial charge on any atom is 0.219 e. The molecular weight excluding hydrogens is 478 g/mol. The zero-order valence-corrected chi connectivity index (χ0v) is 21.5. The third kappa shape index (κ3) is 5.57. The number of nitrogens with zero attached hydrogens (tertiary/aromatic N) is 6. The SMILES string of the molecule is CC(=O)N1CCc2nc(N3CCC(Oc4ccc(F)cc4F)CC3)c(-c3cnn(CC(C)C)c3)nc2C1. The maximum atomic E-state index is 14.1. The van der Waals surface area contributed by atoms with E-state index in [2.05, 4.69) is 23.8 Å². The van der Waals surface area contributed by atoms with Gasteiger partial charge in [0.25, 0.3) is 0 Å². The molecule has 1 amide bonds. The minimum Gasteiger partial charge on any atom is -0.487 e. The number of benzene rings is 1. The van der Waals surface area contributed by atoms with Gasteiger partial charge in [0.2, 0.25) is 5.91 Å². The predicted octanol–water partition coefficient (Wildman–Crippen LogP) is 4.23. The first-order chi connectivity index (χ1) is 17.8. The lowest BCUT2D eigenvalue weighted by atomic mass is 10.1. The molecule has 0 saturated carbocycles. The third-order valence-corrected chi connectivity index (χ3v) is 6.82. The minimum atomic E-state index is -0.691. The van der Waals surface area contributed by atoms with Gasteiger partial charge in [0, 0.05) is 70.2 Å². The van der Waals surface area contributed by atoms with Crippen LogP contribution in [0.1, 0.15) is 45.0 Å². The van der Waals surface area contributed by atoms with Crippen molar-refractivity contribution in [3.8, 4) is 17.0 Å². The normalized spacial score (nSPS) is 16.3. The maximum absolute atomic E-state index is 14.1. The molecule has 0 spiro atoms. The molecule has 0 N–H and O–H groups in total.